The first-order chi connectivity index (χ1) is 13.3. The number of hydrogen-bond donors (Lipinski definition) is 1. The predicted octanol–water partition coefficient (Wildman–Crippen LogP) is -0.690. The lowest BCUT2D eigenvalue weighted by molar-refractivity contribution is -0.0403. The molecule has 1 atom stereocenters. The Balaban J connectivity index is 1.91. The van der Waals surface area contributed by atoms with E-state index in [4.69, 9.17) is 4.74 Å². The van der Waals surface area contributed by atoms with Crippen LogP contribution in [-0.4, -0.2) is 69.2 Å². The Morgan fingerprint density at radius 1 is 1.00 bits per heavy atom. The van der Waals surface area contributed by atoms with Crippen LogP contribution in [0.4, 0.5) is 0 Å². The van der Waals surface area contributed by atoms with Crippen LogP contribution in [0, 0.1) is 0 Å². The van der Waals surface area contributed by atoms with Gasteiger partial charge in [0.25, 0.3) is 0 Å². The number of nitrogens with zero attached hydrogens (tertiary/aromatic N) is 10. The number of aliphatic hydroxyl groups is 1. The van der Waals surface area contributed by atoms with Gasteiger partial charge in [0, 0.05) is 19.5 Å². The summed E-state index contributed by atoms with van der Waals surface area (Å²) >= 11 is 0. The van der Waals surface area contributed by atoms with Crippen LogP contribution in [0.2, 0.25) is 0 Å². The number of rotatable bonds is 6. The number of methoxy groups -OCH3 is 1. The molecular weight excluding hydrogens is 352 g/mol. The molecule has 136 valence electrons. The van der Waals surface area contributed by atoms with Gasteiger partial charge in [-0.2, -0.15) is 9.36 Å². The average molecular weight is 366 g/mol. The van der Waals surface area contributed by atoms with Gasteiger partial charge in [-0.1, -0.05) is 6.07 Å². The molecule has 0 amide bonds. The first-order valence-electron chi connectivity index (χ1n) is 7.85. The molecule has 4 aromatic rings. The van der Waals surface area contributed by atoms with Crippen molar-refractivity contribution in [2.45, 2.75) is 5.60 Å². The van der Waals surface area contributed by atoms with Crippen LogP contribution in [0.1, 0.15) is 11.6 Å². The van der Waals surface area contributed by atoms with E-state index in [2.05, 4.69) is 41.0 Å². The first-order valence-corrected chi connectivity index (χ1v) is 7.85. The van der Waals surface area contributed by atoms with Crippen molar-refractivity contribution >= 4 is 0 Å². The SMILES string of the molecule is COC(CO)(c1nnnn1-c1cccnc1)c1nnnn1-c1ccccn1. The second kappa shape index (κ2) is 6.93. The molecule has 4 aromatic heterocycles. The normalized spacial score (nSPS) is 13.4. The molecule has 0 spiro atoms. The molecule has 0 saturated carbocycles. The Labute approximate surface area is 152 Å². The van der Waals surface area contributed by atoms with E-state index >= 15 is 0 Å². The largest absolute Gasteiger partial charge is 0.392 e. The van der Waals surface area contributed by atoms with Crippen LogP contribution < -0.4 is 0 Å². The zero-order chi connectivity index (χ0) is 18.7. The minimum Gasteiger partial charge on any atom is -0.392 e. The molecule has 27 heavy (non-hydrogen) atoms. The highest BCUT2D eigenvalue weighted by Crippen LogP contribution is 2.31. The summed E-state index contributed by atoms with van der Waals surface area (Å²) in [5, 5.41) is 33.8. The van der Waals surface area contributed by atoms with E-state index in [-0.39, 0.29) is 11.6 Å². The molecule has 12 nitrogen and oxygen atoms in total. The monoisotopic (exact) mass is 366 g/mol. The Morgan fingerprint density at radius 2 is 1.78 bits per heavy atom. The maximum absolute atomic E-state index is 10.3. The summed E-state index contributed by atoms with van der Waals surface area (Å²) in [5.41, 5.74) is -0.954. The van der Waals surface area contributed by atoms with Gasteiger partial charge in [0.2, 0.25) is 11.4 Å². The number of aromatic nitrogens is 10. The van der Waals surface area contributed by atoms with Gasteiger partial charge >= 0.3 is 0 Å². The number of tetrazole rings is 2. The van der Waals surface area contributed by atoms with Gasteiger partial charge in [0.1, 0.15) is 0 Å². The third-order valence-corrected chi connectivity index (χ3v) is 3.99. The summed E-state index contributed by atoms with van der Waals surface area (Å²) in [6.07, 6.45) is 4.82. The molecule has 4 rings (SSSR count). The first kappa shape index (κ1) is 16.8. The Morgan fingerprint density at radius 3 is 2.41 bits per heavy atom. The second-order valence-corrected chi connectivity index (χ2v) is 5.42. The van der Waals surface area contributed by atoms with Gasteiger partial charge in [0.15, 0.2) is 11.6 Å². The van der Waals surface area contributed by atoms with Crippen LogP contribution in [0.25, 0.3) is 11.5 Å². The van der Waals surface area contributed by atoms with Gasteiger partial charge in [-0.05, 0) is 45.1 Å². The van der Waals surface area contributed by atoms with Gasteiger partial charge in [-0.25, -0.2) is 4.98 Å². The van der Waals surface area contributed by atoms with Crippen molar-refractivity contribution in [3.8, 4) is 11.5 Å². The summed E-state index contributed by atoms with van der Waals surface area (Å²) in [5.74, 6) is 0.811. The zero-order valence-electron chi connectivity index (χ0n) is 14.2. The third-order valence-electron chi connectivity index (χ3n) is 3.99. The van der Waals surface area contributed by atoms with Crippen molar-refractivity contribution in [1.82, 2.24) is 50.4 Å². The van der Waals surface area contributed by atoms with E-state index < -0.39 is 12.2 Å². The highest BCUT2D eigenvalue weighted by molar-refractivity contribution is 5.32. The van der Waals surface area contributed by atoms with Crippen LogP contribution in [0.3, 0.4) is 0 Å². The maximum atomic E-state index is 10.3. The van der Waals surface area contributed by atoms with Crippen LogP contribution >= 0.6 is 0 Å². The number of ether oxygens (including phenoxy) is 1. The van der Waals surface area contributed by atoms with Crippen molar-refractivity contribution in [1.29, 1.82) is 0 Å². The minimum absolute atomic E-state index is 0.172. The molecular formula is C15H14N10O2. The smallest absolute Gasteiger partial charge is 0.214 e. The fourth-order valence-electron chi connectivity index (χ4n) is 2.65. The molecule has 0 aliphatic carbocycles. The van der Waals surface area contributed by atoms with E-state index in [9.17, 15) is 5.11 Å². The van der Waals surface area contributed by atoms with Crippen molar-refractivity contribution in [3.63, 3.8) is 0 Å². The molecule has 0 radical (unpaired) electrons. The topological polar surface area (TPSA) is 142 Å². The van der Waals surface area contributed by atoms with Crippen molar-refractivity contribution in [2.24, 2.45) is 0 Å². The van der Waals surface area contributed by atoms with Crippen molar-refractivity contribution in [3.05, 3.63) is 60.6 Å². The second-order valence-electron chi connectivity index (χ2n) is 5.42. The average Bonchev–Trinajstić information content (AvgIpc) is 3.42. The van der Waals surface area contributed by atoms with E-state index in [1.54, 1.807) is 48.9 Å². The molecule has 0 bridgehead atoms. The Bertz CT molecular complexity index is 934. The number of aliphatic hydroxyl groups excluding tert-OH is 1. The quantitative estimate of drug-likeness (QED) is 0.466. The van der Waals surface area contributed by atoms with Gasteiger partial charge in [-0.3, -0.25) is 4.98 Å². The highest BCUT2D eigenvalue weighted by Gasteiger charge is 2.45. The lowest BCUT2D eigenvalue weighted by Gasteiger charge is -2.27. The van der Waals surface area contributed by atoms with Crippen molar-refractivity contribution in [2.75, 3.05) is 13.7 Å². The fraction of sp³-hybridized carbons (Fsp3) is 0.200. The van der Waals surface area contributed by atoms with Crippen LogP contribution in [0.15, 0.2) is 48.9 Å². The number of pyridine rings is 2. The van der Waals surface area contributed by atoms with Crippen LogP contribution in [-0.2, 0) is 10.3 Å². The van der Waals surface area contributed by atoms with E-state index in [0.717, 1.165) is 0 Å². The van der Waals surface area contributed by atoms with Gasteiger partial charge in [-0.15, -0.1) is 10.2 Å². The standard InChI is InChI=1S/C15H14N10O2/c1-27-15(10-26,13-18-20-22-24(13)11-5-4-7-16-9-11)14-19-21-23-25(14)12-6-2-3-8-17-12/h2-9,26H,10H2,1H3. The molecule has 12 heteroatoms. The van der Waals surface area contributed by atoms with Gasteiger partial charge < -0.3 is 9.84 Å². The predicted molar refractivity (Wildman–Crippen MR) is 88.8 cm³/mol. The molecule has 0 aliphatic heterocycles. The third kappa shape index (κ3) is 2.72. The lowest BCUT2D eigenvalue weighted by Crippen LogP contribution is -2.40. The maximum Gasteiger partial charge on any atom is 0.214 e. The van der Waals surface area contributed by atoms with Gasteiger partial charge in [0.05, 0.1) is 18.5 Å². The van der Waals surface area contributed by atoms with Crippen LogP contribution in [0.5, 0.6) is 0 Å². The lowest BCUT2D eigenvalue weighted by atomic mass is 10.0. The summed E-state index contributed by atoms with van der Waals surface area (Å²) in [4.78, 5) is 8.31. The molecule has 1 N–H and O–H groups in total. The van der Waals surface area contributed by atoms with E-state index in [1.165, 1.54) is 16.5 Å². The summed E-state index contributed by atoms with van der Waals surface area (Å²) in [6.45, 7) is -0.517. The Kier molecular flexibility index (Phi) is 4.32. The molecule has 0 aromatic carbocycles. The number of hydrogen-bond acceptors (Lipinski definition) is 10. The minimum atomic E-state index is -1.54. The van der Waals surface area contributed by atoms with Crippen molar-refractivity contribution < 1.29 is 9.84 Å². The highest BCUT2D eigenvalue weighted by atomic mass is 16.5. The van der Waals surface area contributed by atoms with E-state index in [1.807, 2.05) is 0 Å². The fourth-order valence-corrected chi connectivity index (χ4v) is 2.65. The van der Waals surface area contributed by atoms with E-state index in [0.29, 0.717) is 11.5 Å². The summed E-state index contributed by atoms with van der Waals surface area (Å²) in [7, 11) is 1.41. The molecule has 0 saturated heterocycles. The molecule has 0 aliphatic rings. The molecule has 0 fully saturated rings. The zero-order valence-corrected chi connectivity index (χ0v) is 14.2. The molecule has 1 unspecified atom stereocenters. The molecule has 4 heterocycles. The summed E-state index contributed by atoms with van der Waals surface area (Å²) < 4.78 is 8.45. The summed E-state index contributed by atoms with van der Waals surface area (Å²) in [6, 6.07) is 8.80. The Hall–Kier alpha value is -3.64.